The standard InChI is InChI=1S/C15H22ClN3S/c1-15(5-7-19(2)8-6-15)10-18-13-9-11(16)3-4-12(13)14(17)20/h3-4,9,18H,5-8,10H2,1-2H3,(H2,17,20). The Morgan fingerprint density at radius 3 is 2.70 bits per heavy atom. The molecule has 0 aliphatic carbocycles. The van der Waals surface area contributed by atoms with Gasteiger partial charge >= 0.3 is 0 Å². The molecular weight excluding hydrogens is 290 g/mol. The number of nitrogens with one attached hydrogen (secondary N) is 1. The maximum atomic E-state index is 6.07. The van der Waals surface area contributed by atoms with Crippen LogP contribution in [0, 0.1) is 5.41 Å². The summed E-state index contributed by atoms with van der Waals surface area (Å²) in [6, 6.07) is 5.59. The largest absolute Gasteiger partial charge is 0.389 e. The molecule has 110 valence electrons. The van der Waals surface area contributed by atoms with Crippen LogP contribution in [-0.2, 0) is 0 Å². The molecule has 1 aromatic rings. The lowest BCUT2D eigenvalue weighted by Crippen LogP contribution is -2.40. The van der Waals surface area contributed by atoms with Crippen molar-refractivity contribution in [2.24, 2.45) is 11.1 Å². The molecule has 0 unspecified atom stereocenters. The van der Waals surface area contributed by atoms with Gasteiger partial charge in [0.15, 0.2) is 0 Å². The third-order valence-corrected chi connectivity index (χ3v) is 4.60. The minimum absolute atomic E-state index is 0.308. The van der Waals surface area contributed by atoms with E-state index in [1.165, 1.54) is 12.8 Å². The van der Waals surface area contributed by atoms with E-state index in [9.17, 15) is 0 Å². The Bertz CT molecular complexity index is 496. The van der Waals surface area contributed by atoms with Crippen LogP contribution in [0.2, 0.25) is 5.02 Å². The molecule has 20 heavy (non-hydrogen) atoms. The number of hydrogen-bond acceptors (Lipinski definition) is 3. The molecule has 2 rings (SSSR count). The number of thiocarbonyl (C=S) groups is 1. The van der Waals surface area contributed by atoms with E-state index < -0.39 is 0 Å². The maximum Gasteiger partial charge on any atom is 0.106 e. The summed E-state index contributed by atoms with van der Waals surface area (Å²) in [6.07, 6.45) is 2.39. The van der Waals surface area contributed by atoms with Crippen molar-refractivity contribution in [1.29, 1.82) is 0 Å². The molecule has 0 saturated carbocycles. The van der Waals surface area contributed by atoms with Crippen LogP contribution < -0.4 is 11.1 Å². The van der Waals surface area contributed by atoms with Crippen LogP contribution in [0.1, 0.15) is 25.3 Å². The van der Waals surface area contributed by atoms with Crippen LogP contribution in [0.15, 0.2) is 18.2 Å². The summed E-state index contributed by atoms with van der Waals surface area (Å²) in [5.74, 6) is 0. The predicted molar refractivity (Wildman–Crippen MR) is 90.7 cm³/mol. The van der Waals surface area contributed by atoms with Crippen LogP contribution in [0.25, 0.3) is 0 Å². The van der Waals surface area contributed by atoms with E-state index in [0.29, 0.717) is 15.4 Å². The quantitative estimate of drug-likeness (QED) is 0.838. The minimum Gasteiger partial charge on any atom is -0.389 e. The molecule has 1 heterocycles. The van der Waals surface area contributed by atoms with Crippen molar-refractivity contribution >= 4 is 34.5 Å². The lowest BCUT2D eigenvalue weighted by Gasteiger charge is -2.38. The highest BCUT2D eigenvalue weighted by Crippen LogP contribution is 2.31. The molecule has 0 amide bonds. The molecule has 0 spiro atoms. The number of halogens is 1. The summed E-state index contributed by atoms with van der Waals surface area (Å²) in [5.41, 5.74) is 7.87. The highest BCUT2D eigenvalue weighted by molar-refractivity contribution is 7.80. The zero-order valence-corrected chi connectivity index (χ0v) is 13.7. The zero-order chi connectivity index (χ0) is 14.8. The first kappa shape index (κ1) is 15.5. The van der Waals surface area contributed by atoms with Crippen molar-refractivity contribution in [1.82, 2.24) is 4.90 Å². The van der Waals surface area contributed by atoms with Gasteiger partial charge in [0.05, 0.1) is 0 Å². The van der Waals surface area contributed by atoms with Crippen molar-refractivity contribution in [2.75, 3.05) is 32.0 Å². The van der Waals surface area contributed by atoms with E-state index in [1.807, 2.05) is 18.2 Å². The fourth-order valence-electron chi connectivity index (χ4n) is 2.52. The van der Waals surface area contributed by atoms with E-state index in [1.54, 1.807) is 0 Å². The van der Waals surface area contributed by atoms with E-state index in [0.717, 1.165) is 30.9 Å². The topological polar surface area (TPSA) is 41.3 Å². The first-order chi connectivity index (χ1) is 9.39. The van der Waals surface area contributed by atoms with Crippen LogP contribution in [-0.4, -0.2) is 36.6 Å². The smallest absolute Gasteiger partial charge is 0.106 e. The highest BCUT2D eigenvalue weighted by atomic mass is 35.5. The zero-order valence-electron chi connectivity index (χ0n) is 12.1. The number of nitrogens with zero attached hydrogens (tertiary/aromatic N) is 1. The lowest BCUT2D eigenvalue weighted by molar-refractivity contribution is 0.150. The molecule has 1 aliphatic rings. The van der Waals surface area contributed by atoms with Gasteiger partial charge in [-0.3, -0.25) is 0 Å². The summed E-state index contributed by atoms with van der Waals surface area (Å²) in [7, 11) is 2.18. The van der Waals surface area contributed by atoms with E-state index in [-0.39, 0.29) is 0 Å². The van der Waals surface area contributed by atoms with E-state index in [4.69, 9.17) is 29.6 Å². The van der Waals surface area contributed by atoms with Gasteiger partial charge in [-0.25, -0.2) is 0 Å². The van der Waals surface area contributed by atoms with Crippen molar-refractivity contribution in [3.8, 4) is 0 Å². The number of rotatable bonds is 4. The number of benzene rings is 1. The Morgan fingerprint density at radius 2 is 2.10 bits per heavy atom. The van der Waals surface area contributed by atoms with Crippen molar-refractivity contribution in [2.45, 2.75) is 19.8 Å². The van der Waals surface area contributed by atoms with Gasteiger partial charge in [-0.2, -0.15) is 0 Å². The normalized spacial score (nSPS) is 18.8. The molecule has 1 fully saturated rings. The molecule has 1 saturated heterocycles. The van der Waals surface area contributed by atoms with Gasteiger partial charge in [-0.15, -0.1) is 0 Å². The first-order valence-corrected chi connectivity index (χ1v) is 7.70. The monoisotopic (exact) mass is 311 g/mol. The Labute approximate surface area is 131 Å². The molecule has 1 aliphatic heterocycles. The number of piperidine rings is 1. The maximum absolute atomic E-state index is 6.07. The first-order valence-electron chi connectivity index (χ1n) is 6.91. The summed E-state index contributed by atoms with van der Waals surface area (Å²) in [4.78, 5) is 2.78. The molecule has 0 bridgehead atoms. The number of hydrogen-bond donors (Lipinski definition) is 2. The molecular formula is C15H22ClN3S. The second-order valence-electron chi connectivity index (χ2n) is 6.02. The fraction of sp³-hybridized carbons (Fsp3) is 0.533. The van der Waals surface area contributed by atoms with E-state index >= 15 is 0 Å². The Balaban J connectivity index is 2.07. The molecule has 0 atom stereocenters. The van der Waals surface area contributed by atoms with E-state index in [2.05, 4.69) is 24.2 Å². The summed E-state index contributed by atoms with van der Waals surface area (Å²) in [5, 5.41) is 4.19. The van der Waals surface area contributed by atoms with Gasteiger partial charge < -0.3 is 16.0 Å². The van der Waals surface area contributed by atoms with Crippen LogP contribution >= 0.6 is 23.8 Å². The SMILES string of the molecule is CN1CCC(C)(CNc2cc(Cl)ccc2C(N)=S)CC1. The van der Waals surface area contributed by atoms with Gasteiger partial charge in [0.1, 0.15) is 4.99 Å². The summed E-state index contributed by atoms with van der Waals surface area (Å²) < 4.78 is 0. The van der Waals surface area contributed by atoms with Crippen molar-refractivity contribution in [3.05, 3.63) is 28.8 Å². The third-order valence-electron chi connectivity index (χ3n) is 4.15. The molecule has 5 heteroatoms. The Morgan fingerprint density at radius 1 is 1.45 bits per heavy atom. The van der Waals surface area contributed by atoms with Crippen LogP contribution in [0.4, 0.5) is 5.69 Å². The second kappa shape index (κ2) is 6.29. The molecule has 1 aromatic carbocycles. The second-order valence-corrected chi connectivity index (χ2v) is 6.90. The lowest BCUT2D eigenvalue weighted by atomic mass is 9.80. The van der Waals surface area contributed by atoms with Crippen LogP contribution in [0.5, 0.6) is 0 Å². The van der Waals surface area contributed by atoms with Gasteiger partial charge in [0, 0.05) is 22.8 Å². The van der Waals surface area contributed by atoms with Crippen molar-refractivity contribution in [3.63, 3.8) is 0 Å². The predicted octanol–water partition coefficient (Wildman–Crippen LogP) is 3.12. The summed E-state index contributed by atoms with van der Waals surface area (Å²) >= 11 is 11.2. The third kappa shape index (κ3) is 3.84. The molecule has 3 nitrogen and oxygen atoms in total. The van der Waals surface area contributed by atoms with Crippen LogP contribution in [0.3, 0.4) is 0 Å². The fourth-order valence-corrected chi connectivity index (χ4v) is 2.87. The number of likely N-dealkylation sites (tertiary alicyclic amines) is 1. The Hall–Kier alpha value is -0.840. The van der Waals surface area contributed by atoms with Gasteiger partial charge in [-0.1, -0.05) is 30.7 Å². The number of anilines is 1. The average molecular weight is 312 g/mol. The number of nitrogens with two attached hydrogens (primary N) is 1. The molecule has 0 aromatic heterocycles. The van der Waals surface area contributed by atoms with Gasteiger partial charge in [0.25, 0.3) is 0 Å². The highest BCUT2D eigenvalue weighted by Gasteiger charge is 2.28. The van der Waals surface area contributed by atoms with Gasteiger partial charge in [0.2, 0.25) is 0 Å². The van der Waals surface area contributed by atoms with Crippen molar-refractivity contribution < 1.29 is 0 Å². The molecule has 0 radical (unpaired) electrons. The average Bonchev–Trinajstić information content (AvgIpc) is 2.40. The van der Waals surface area contributed by atoms with Gasteiger partial charge in [-0.05, 0) is 56.6 Å². The molecule has 3 N–H and O–H groups in total. The minimum atomic E-state index is 0.308. The Kier molecular flexibility index (Phi) is 4.89. The summed E-state index contributed by atoms with van der Waals surface area (Å²) in [6.45, 7) is 5.54.